The number of hydrogen-bond acceptors (Lipinski definition) is 7. The van der Waals surface area contributed by atoms with E-state index < -0.39 is 29.8 Å². The fraction of sp³-hybridized carbons (Fsp3) is 0.312. The van der Waals surface area contributed by atoms with E-state index in [2.05, 4.69) is 9.47 Å². The van der Waals surface area contributed by atoms with Crippen molar-refractivity contribution in [1.82, 2.24) is 0 Å². The van der Waals surface area contributed by atoms with Gasteiger partial charge in [0.1, 0.15) is 0 Å². The molecule has 23 heavy (non-hydrogen) atoms. The smallest absolute Gasteiger partial charge is 0.373 e. The summed E-state index contributed by atoms with van der Waals surface area (Å²) >= 11 is 0. The zero-order valence-corrected chi connectivity index (χ0v) is 13.1. The Labute approximate surface area is 133 Å². The molecule has 0 spiro atoms. The lowest BCUT2D eigenvalue weighted by Crippen LogP contribution is -2.22. The molecule has 0 aliphatic heterocycles. The van der Waals surface area contributed by atoms with Crippen molar-refractivity contribution in [2.24, 2.45) is 0 Å². The van der Waals surface area contributed by atoms with Crippen LogP contribution in [0.1, 0.15) is 18.6 Å². The van der Waals surface area contributed by atoms with Gasteiger partial charge in [0.15, 0.2) is 0 Å². The van der Waals surface area contributed by atoms with Gasteiger partial charge in [0.05, 0.1) is 26.9 Å². The number of carbonyl (C=O) groups is 3. The summed E-state index contributed by atoms with van der Waals surface area (Å²) in [6.45, 7) is 1.78. The summed E-state index contributed by atoms with van der Waals surface area (Å²) in [7, 11) is 2.27. The van der Waals surface area contributed by atoms with Crippen LogP contribution in [-0.4, -0.2) is 38.7 Å². The summed E-state index contributed by atoms with van der Waals surface area (Å²) in [4.78, 5) is 35.2. The molecule has 124 valence electrons. The van der Waals surface area contributed by atoms with Crippen molar-refractivity contribution in [2.75, 3.05) is 20.8 Å². The summed E-state index contributed by atoms with van der Waals surface area (Å²) in [5.74, 6) is -2.89. The Morgan fingerprint density at radius 3 is 2.26 bits per heavy atom. The van der Waals surface area contributed by atoms with Crippen LogP contribution in [0.25, 0.3) is 0 Å². The van der Waals surface area contributed by atoms with Crippen LogP contribution < -0.4 is 0 Å². The molecule has 7 heteroatoms. The fourth-order valence-electron chi connectivity index (χ4n) is 1.63. The summed E-state index contributed by atoms with van der Waals surface area (Å²) in [6, 6.07) is 8.43. The van der Waals surface area contributed by atoms with E-state index in [1.165, 1.54) is 0 Å². The largest absolute Gasteiger partial charge is 0.466 e. The van der Waals surface area contributed by atoms with Gasteiger partial charge in [-0.2, -0.15) is 0 Å². The van der Waals surface area contributed by atoms with Crippen molar-refractivity contribution in [1.29, 1.82) is 0 Å². The third-order valence-corrected chi connectivity index (χ3v) is 2.68. The molecular formula is C16H18O7. The number of methoxy groups -OCH3 is 2. The number of rotatable bonds is 7. The number of hydrogen-bond donors (Lipinski definition) is 0. The van der Waals surface area contributed by atoms with Gasteiger partial charge in [-0.3, -0.25) is 0 Å². The van der Waals surface area contributed by atoms with Gasteiger partial charge < -0.3 is 18.9 Å². The maximum absolute atomic E-state index is 12.1. The Bertz CT molecular complexity index is 577. The molecule has 0 amide bonds. The van der Waals surface area contributed by atoms with Gasteiger partial charge in [0.2, 0.25) is 11.9 Å². The molecule has 0 aliphatic carbocycles. The Balaban J connectivity index is 3.15. The van der Waals surface area contributed by atoms with Gasteiger partial charge in [0, 0.05) is 5.56 Å². The van der Waals surface area contributed by atoms with Gasteiger partial charge >= 0.3 is 17.9 Å². The number of benzene rings is 1. The van der Waals surface area contributed by atoms with Crippen molar-refractivity contribution in [3.05, 3.63) is 47.7 Å². The van der Waals surface area contributed by atoms with E-state index in [1.54, 1.807) is 37.3 Å². The number of carbonyl (C=O) groups excluding carboxylic acids is 3. The van der Waals surface area contributed by atoms with E-state index in [9.17, 15) is 14.4 Å². The molecule has 1 aromatic carbocycles. The first-order valence-electron chi connectivity index (χ1n) is 6.79. The highest BCUT2D eigenvalue weighted by Crippen LogP contribution is 2.23. The molecule has 1 atom stereocenters. The fourth-order valence-corrected chi connectivity index (χ4v) is 1.63. The molecule has 0 saturated heterocycles. The first kappa shape index (κ1) is 18.2. The number of ether oxygens (including phenoxy) is 4. The minimum absolute atomic E-state index is 0.139. The summed E-state index contributed by atoms with van der Waals surface area (Å²) in [5, 5.41) is 0. The lowest BCUT2D eigenvalue weighted by atomic mass is 10.1. The standard InChI is InChI=1S/C16H18O7/c1-4-22-16(19)14(11-8-6-5-7-9-11)23-12(15(18)21-3)10-13(17)20-2/h5-10,14H,4H2,1-3H3/b12-10+. The molecule has 0 heterocycles. The zero-order valence-electron chi connectivity index (χ0n) is 13.1. The maximum atomic E-state index is 12.1. The average molecular weight is 322 g/mol. The predicted molar refractivity (Wildman–Crippen MR) is 79.0 cm³/mol. The molecular weight excluding hydrogens is 304 g/mol. The van der Waals surface area contributed by atoms with E-state index in [1.807, 2.05) is 0 Å². The molecule has 0 fully saturated rings. The van der Waals surface area contributed by atoms with E-state index in [4.69, 9.17) is 9.47 Å². The van der Waals surface area contributed by atoms with E-state index >= 15 is 0 Å². The molecule has 0 radical (unpaired) electrons. The van der Waals surface area contributed by atoms with E-state index in [0.717, 1.165) is 20.3 Å². The van der Waals surface area contributed by atoms with Gasteiger partial charge in [-0.15, -0.1) is 0 Å². The molecule has 1 unspecified atom stereocenters. The average Bonchev–Trinajstić information content (AvgIpc) is 2.58. The second kappa shape index (κ2) is 9.24. The first-order chi connectivity index (χ1) is 11.0. The molecule has 0 aromatic heterocycles. The monoisotopic (exact) mass is 322 g/mol. The second-order valence-electron chi connectivity index (χ2n) is 4.18. The minimum atomic E-state index is -1.22. The van der Waals surface area contributed by atoms with Crippen molar-refractivity contribution < 1.29 is 33.3 Å². The van der Waals surface area contributed by atoms with Crippen LogP contribution in [-0.2, 0) is 33.3 Å². The highest BCUT2D eigenvalue weighted by Gasteiger charge is 2.28. The maximum Gasteiger partial charge on any atom is 0.373 e. The van der Waals surface area contributed by atoms with Gasteiger partial charge in [0.25, 0.3) is 0 Å². The van der Waals surface area contributed by atoms with Crippen LogP contribution in [0.4, 0.5) is 0 Å². The Morgan fingerprint density at radius 2 is 1.74 bits per heavy atom. The van der Waals surface area contributed by atoms with Gasteiger partial charge in [-0.05, 0) is 6.92 Å². The number of esters is 3. The van der Waals surface area contributed by atoms with E-state index in [0.29, 0.717) is 5.56 Å². The van der Waals surface area contributed by atoms with Crippen LogP contribution >= 0.6 is 0 Å². The quantitative estimate of drug-likeness (QED) is 0.325. The molecule has 0 bridgehead atoms. The summed E-state index contributed by atoms with van der Waals surface area (Å²) in [5.41, 5.74) is 0.464. The highest BCUT2D eigenvalue weighted by atomic mass is 16.6. The second-order valence-corrected chi connectivity index (χ2v) is 4.18. The van der Waals surface area contributed by atoms with E-state index in [-0.39, 0.29) is 6.61 Å². The van der Waals surface area contributed by atoms with Crippen LogP contribution in [0.5, 0.6) is 0 Å². The Morgan fingerprint density at radius 1 is 1.09 bits per heavy atom. The summed E-state index contributed by atoms with van der Waals surface area (Å²) < 4.78 is 19.3. The lowest BCUT2D eigenvalue weighted by Gasteiger charge is -2.18. The van der Waals surface area contributed by atoms with Crippen LogP contribution in [0.3, 0.4) is 0 Å². The van der Waals surface area contributed by atoms with Crippen LogP contribution in [0, 0.1) is 0 Å². The molecule has 1 rings (SSSR count). The molecule has 0 N–H and O–H groups in total. The summed E-state index contributed by atoms with van der Waals surface area (Å²) in [6.07, 6.45) is -0.410. The minimum Gasteiger partial charge on any atom is -0.466 e. The Hall–Kier alpha value is -2.83. The van der Waals surface area contributed by atoms with Crippen molar-refractivity contribution in [3.63, 3.8) is 0 Å². The first-order valence-corrected chi connectivity index (χ1v) is 6.79. The highest BCUT2D eigenvalue weighted by molar-refractivity contribution is 5.95. The van der Waals surface area contributed by atoms with Gasteiger partial charge in [-0.1, -0.05) is 30.3 Å². The molecule has 0 saturated carbocycles. The van der Waals surface area contributed by atoms with Crippen molar-refractivity contribution in [3.8, 4) is 0 Å². The van der Waals surface area contributed by atoms with Crippen LogP contribution in [0.2, 0.25) is 0 Å². The van der Waals surface area contributed by atoms with Gasteiger partial charge in [-0.25, -0.2) is 14.4 Å². The molecule has 1 aromatic rings. The Kier molecular flexibility index (Phi) is 7.32. The third-order valence-electron chi connectivity index (χ3n) is 2.68. The topological polar surface area (TPSA) is 88.1 Å². The van der Waals surface area contributed by atoms with Crippen molar-refractivity contribution in [2.45, 2.75) is 13.0 Å². The zero-order chi connectivity index (χ0) is 17.2. The predicted octanol–water partition coefficient (Wildman–Crippen LogP) is 1.54. The van der Waals surface area contributed by atoms with Crippen LogP contribution in [0.15, 0.2) is 42.2 Å². The lowest BCUT2D eigenvalue weighted by molar-refractivity contribution is -0.157. The molecule has 7 nitrogen and oxygen atoms in total. The normalized spacial score (nSPS) is 12.0. The van der Waals surface area contributed by atoms with Crippen molar-refractivity contribution >= 4 is 17.9 Å². The molecule has 0 aliphatic rings. The third kappa shape index (κ3) is 5.46. The SMILES string of the molecule is CCOC(=O)C(O/C(=C/C(=O)OC)C(=O)OC)c1ccccc1.